The Morgan fingerprint density at radius 2 is 0.770 bits per heavy atom. The second-order valence-corrected chi connectivity index (χ2v) is 18.9. The molecule has 0 aromatic heterocycles. The van der Waals surface area contributed by atoms with Gasteiger partial charge in [0.1, 0.15) is 0 Å². The zero-order chi connectivity index (χ0) is 44.4. The fraction of sp³-hybridized carbons (Fsp3) is 0.927. The van der Waals surface area contributed by atoms with Crippen LogP contribution in [-0.2, 0) is 14.3 Å². The molecule has 0 saturated carbocycles. The van der Waals surface area contributed by atoms with Gasteiger partial charge < -0.3 is 20.3 Å². The molecule has 0 rings (SSSR count). The van der Waals surface area contributed by atoms with Crippen molar-refractivity contribution in [2.24, 2.45) is 0 Å². The average Bonchev–Trinajstić information content (AvgIpc) is 3.26. The molecule has 0 aliphatic carbocycles. The van der Waals surface area contributed by atoms with E-state index in [1.807, 2.05) is 0 Å². The number of ether oxygens (including phenoxy) is 1. The van der Waals surface area contributed by atoms with Gasteiger partial charge in [0, 0.05) is 12.8 Å². The molecule has 0 aromatic rings. The van der Waals surface area contributed by atoms with Gasteiger partial charge in [0.15, 0.2) is 0 Å². The van der Waals surface area contributed by atoms with Gasteiger partial charge in [-0.25, -0.2) is 0 Å². The lowest BCUT2D eigenvalue weighted by atomic mass is 10.0. The van der Waals surface area contributed by atoms with Gasteiger partial charge in [0.05, 0.1) is 25.4 Å². The number of hydrogen-bond acceptors (Lipinski definition) is 5. The molecule has 6 nitrogen and oxygen atoms in total. The molecule has 1 amide bonds. The van der Waals surface area contributed by atoms with E-state index in [4.69, 9.17) is 4.74 Å². The highest BCUT2D eigenvalue weighted by molar-refractivity contribution is 5.76. The molecular weight excluding hydrogens is 755 g/mol. The molecule has 0 bridgehead atoms. The summed E-state index contributed by atoms with van der Waals surface area (Å²) in [7, 11) is 0. The summed E-state index contributed by atoms with van der Waals surface area (Å²) in [6, 6.07) is -0.544. The van der Waals surface area contributed by atoms with Crippen LogP contribution in [0.2, 0.25) is 0 Å². The minimum Gasteiger partial charge on any atom is -0.466 e. The standard InChI is InChI=1S/C55H107NO5/c1-3-5-7-9-11-13-15-17-25-29-33-37-41-45-49-55(60)61-50-46-42-38-34-30-26-22-20-18-19-21-24-28-32-36-40-44-48-54(59)56-52(51-57)53(58)47-43-39-35-31-27-23-16-14-12-10-8-6-4-2/h15,17,52-53,57-58H,3-14,16,18-51H2,1-2H3,(H,56,59)/b17-15-. The van der Waals surface area contributed by atoms with Gasteiger partial charge in [-0.05, 0) is 51.4 Å². The van der Waals surface area contributed by atoms with E-state index in [9.17, 15) is 19.8 Å². The van der Waals surface area contributed by atoms with E-state index >= 15 is 0 Å². The highest BCUT2D eigenvalue weighted by atomic mass is 16.5. The largest absolute Gasteiger partial charge is 0.466 e. The molecule has 0 aliphatic rings. The maximum atomic E-state index is 12.4. The van der Waals surface area contributed by atoms with Crippen molar-refractivity contribution in [3.63, 3.8) is 0 Å². The highest BCUT2D eigenvalue weighted by Crippen LogP contribution is 2.17. The van der Waals surface area contributed by atoms with Crippen LogP contribution >= 0.6 is 0 Å². The van der Waals surface area contributed by atoms with Crippen LogP contribution < -0.4 is 5.32 Å². The number of esters is 1. The second-order valence-electron chi connectivity index (χ2n) is 18.9. The molecular formula is C55H107NO5. The molecule has 0 aromatic carbocycles. The van der Waals surface area contributed by atoms with Gasteiger partial charge in [-0.1, -0.05) is 251 Å². The predicted molar refractivity (Wildman–Crippen MR) is 264 cm³/mol. The van der Waals surface area contributed by atoms with Gasteiger partial charge in [0.2, 0.25) is 5.91 Å². The van der Waals surface area contributed by atoms with Crippen molar-refractivity contribution >= 4 is 11.9 Å². The molecule has 0 aliphatic heterocycles. The number of carbonyl (C=O) groups is 2. The number of nitrogens with one attached hydrogen (secondary N) is 1. The SMILES string of the molecule is CCCCCCC/C=C\CCCCCCCC(=O)OCCCCCCCCCCCCCCCCCCCC(=O)NC(CO)C(O)CCCCCCCCCCCCCCC. The number of carbonyl (C=O) groups excluding carboxylic acids is 2. The minimum atomic E-state index is -0.666. The Balaban J connectivity index is 3.41. The van der Waals surface area contributed by atoms with Gasteiger partial charge >= 0.3 is 5.97 Å². The third-order valence-electron chi connectivity index (χ3n) is 12.8. The molecule has 0 saturated heterocycles. The Hall–Kier alpha value is -1.40. The zero-order valence-electron chi connectivity index (χ0n) is 41.2. The van der Waals surface area contributed by atoms with Gasteiger partial charge in [-0.2, -0.15) is 0 Å². The molecule has 3 N–H and O–H groups in total. The van der Waals surface area contributed by atoms with Gasteiger partial charge in [-0.15, -0.1) is 0 Å². The van der Waals surface area contributed by atoms with Gasteiger partial charge in [-0.3, -0.25) is 9.59 Å². The van der Waals surface area contributed by atoms with Crippen LogP contribution in [0, 0.1) is 0 Å². The Kier molecular flexibility index (Phi) is 50.1. The number of rotatable bonds is 51. The van der Waals surface area contributed by atoms with Crippen molar-refractivity contribution in [3.8, 4) is 0 Å². The van der Waals surface area contributed by atoms with E-state index in [-0.39, 0.29) is 18.5 Å². The van der Waals surface area contributed by atoms with E-state index in [0.29, 0.717) is 25.9 Å². The Morgan fingerprint density at radius 1 is 0.443 bits per heavy atom. The third-order valence-corrected chi connectivity index (χ3v) is 12.8. The van der Waals surface area contributed by atoms with Crippen molar-refractivity contribution in [2.75, 3.05) is 13.2 Å². The molecule has 0 fully saturated rings. The first-order valence-electron chi connectivity index (χ1n) is 27.4. The third kappa shape index (κ3) is 47.9. The first-order chi connectivity index (χ1) is 30.0. The van der Waals surface area contributed by atoms with Crippen molar-refractivity contribution in [1.29, 1.82) is 0 Å². The molecule has 362 valence electrons. The molecule has 61 heavy (non-hydrogen) atoms. The van der Waals surface area contributed by atoms with Crippen LogP contribution in [0.4, 0.5) is 0 Å². The van der Waals surface area contributed by atoms with Crippen LogP contribution in [0.3, 0.4) is 0 Å². The van der Waals surface area contributed by atoms with Crippen LogP contribution in [0.15, 0.2) is 12.2 Å². The summed E-state index contributed by atoms with van der Waals surface area (Å²) in [5.74, 6) is -0.0425. The first-order valence-corrected chi connectivity index (χ1v) is 27.4. The summed E-state index contributed by atoms with van der Waals surface area (Å²) in [5, 5.41) is 23.2. The summed E-state index contributed by atoms with van der Waals surface area (Å²) in [6.45, 7) is 4.94. The number of amides is 1. The quantitative estimate of drug-likeness (QED) is 0.0322. The number of aliphatic hydroxyl groups is 2. The summed E-state index contributed by atoms with van der Waals surface area (Å²) >= 11 is 0. The maximum Gasteiger partial charge on any atom is 0.305 e. The molecule has 2 atom stereocenters. The van der Waals surface area contributed by atoms with Crippen molar-refractivity contribution < 1.29 is 24.5 Å². The Morgan fingerprint density at radius 3 is 1.16 bits per heavy atom. The Bertz CT molecular complexity index is 909. The number of hydrogen-bond donors (Lipinski definition) is 3. The number of aliphatic hydroxyl groups excluding tert-OH is 2. The lowest BCUT2D eigenvalue weighted by Crippen LogP contribution is -2.45. The fourth-order valence-electron chi connectivity index (χ4n) is 8.58. The summed E-state index contributed by atoms with van der Waals surface area (Å²) in [4.78, 5) is 24.5. The van der Waals surface area contributed by atoms with E-state index < -0.39 is 12.1 Å². The zero-order valence-corrected chi connectivity index (χ0v) is 41.2. The van der Waals surface area contributed by atoms with Crippen molar-refractivity contribution in [3.05, 3.63) is 12.2 Å². The normalized spacial score (nSPS) is 12.7. The van der Waals surface area contributed by atoms with Crippen LogP contribution in [-0.4, -0.2) is 47.4 Å². The topological polar surface area (TPSA) is 95.9 Å². The molecule has 0 heterocycles. The summed E-state index contributed by atoms with van der Waals surface area (Å²) in [5.41, 5.74) is 0. The number of allylic oxidation sites excluding steroid dienone is 2. The van der Waals surface area contributed by atoms with Crippen LogP contribution in [0.1, 0.15) is 303 Å². The summed E-state index contributed by atoms with van der Waals surface area (Å²) in [6.07, 6.45) is 59.0. The first kappa shape index (κ1) is 59.6. The van der Waals surface area contributed by atoms with Crippen LogP contribution in [0.25, 0.3) is 0 Å². The summed E-state index contributed by atoms with van der Waals surface area (Å²) < 4.78 is 5.47. The number of unbranched alkanes of at least 4 members (excludes halogenated alkanes) is 38. The van der Waals surface area contributed by atoms with Crippen molar-refractivity contribution in [2.45, 2.75) is 315 Å². The minimum absolute atomic E-state index is 0.00285. The molecule has 0 radical (unpaired) electrons. The van der Waals surface area contributed by atoms with Crippen LogP contribution in [0.5, 0.6) is 0 Å². The van der Waals surface area contributed by atoms with E-state index in [1.165, 1.54) is 225 Å². The van der Waals surface area contributed by atoms with E-state index in [2.05, 4.69) is 31.3 Å². The van der Waals surface area contributed by atoms with E-state index in [1.54, 1.807) is 0 Å². The lowest BCUT2D eigenvalue weighted by Gasteiger charge is -2.22. The predicted octanol–water partition coefficient (Wildman–Crippen LogP) is 16.5. The van der Waals surface area contributed by atoms with Gasteiger partial charge in [0.25, 0.3) is 0 Å². The van der Waals surface area contributed by atoms with Crippen molar-refractivity contribution in [1.82, 2.24) is 5.32 Å². The Labute approximate surface area is 380 Å². The average molecular weight is 862 g/mol. The van der Waals surface area contributed by atoms with E-state index in [0.717, 1.165) is 44.9 Å². The lowest BCUT2D eigenvalue weighted by molar-refractivity contribution is -0.143. The smallest absolute Gasteiger partial charge is 0.305 e. The molecule has 0 spiro atoms. The highest BCUT2D eigenvalue weighted by Gasteiger charge is 2.20. The molecule has 2 unspecified atom stereocenters. The fourth-order valence-corrected chi connectivity index (χ4v) is 8.58. The second kappa shape index (κ2) is 51.2. The monoisotopic (exact) mass is 862 g/mol. The molecule has 6 heteroatoms. The maximum absolute atomic E-state index is 12.4.